The second-order valence-electron chi connectivity index (χ2n) is 16.3. The number of unbranched alkanes of at least 4 members (excludes halogenated alkanes) is 7. The summed E-state index contributed by atoms with van der Waals surface area (Å²) in [6, 6.07) is 0. The molecule has 0 aliphatic heterocycles. The lowest BCUT2D eigenvalue weighted by atomic mass is 9.85. The Morgan fingerprint density at radius 2 is 1.10 bits per heavy atom. The molecule has 0 aromatic heterocycles. The Kier molecular flexibility index (Phi) is 34.3. The van der Waals surface area contributed by atoms with Crippen LogP contribution in [0.3, 0.4) is 0 Å². The smallest absolute Gasteiger partial charge is 0.462 e. The Labute approximate surface area is 401 Å². The number of aliphatic hydroxyl groups excluding tert-OH is 7. The van der Waals surface area contributed by atoms with E-state index in [4.69, 9.17) is 28.3 Å². The normalized spacial score (nSPS) is 23.4. The van der Waals surface area contributed by atoms with E-state index in [0.29, 0.717) is 25.7 Å². The molecule has 19 nitrogen and oxygen atoms in total. The topological polar surface area (TPSA) is 317 Å². The summed E-state index contributed by atoms with van der Waals surface area (Å²) in [5, 5.41) is 71.9. The number of phosphoric ester groups is 2. The number of ether oxygens (including phenoxy) is 2. The summed E-state index contributed by atoms with van der Waals surface area (Å²) in [7, 11) is -10.8. The number of esters is 2. The molecule has 0 bridgehead atoms. The van der Waals surface area contributed by atoms with Gasteiger partial charge in [-0.1, -0.05) is 131 Å². The second-order valence-corrected chi connectivity index (χ2v) is 18.9. The van der Waals surface area contributed by atoms with E-state index in [1.54, 1.807) is 36.5 Å². The largest absolute Gasteiger partial charge is 0.472 e. The van der Waals surface area contributed by atoms with Gasteiger partial charge in [-0.25, -0.2) is 9.13 Å². The highest BCUT2D eigenvalue weighted by molar-refractivity contribution is 7.47. The Balaban J connectivity index is 2.79. The van der Waals surface area contributed by atoms with Gasteiger partial charge in [0.05, 0.1) is 24.9 Å². The van der Waals surface area contributed by atoms with Crippen LogP contribution in [0.2, 0.25) is 0 Å². The predicted octanol–water partition coefficient (Wildman–Crippen LogP) is 5.53. The van der Waals surface area contributed by atoms with Gasteiger partial charge in [-0.05, 0) is 64.2 Å². The number of hydrogen-bond acceptors (Lipinski definition) is 16. The summed E-state index contributed by atoms with van der Waals surface area (Å²) in [4.78, 5) is 54.3. The van der Waals surface area contributed by atoms with Crippen molar-refractivity contribution in [1.29, 1.82) is 0 Å². The average molecular weight is 1010 g/mol. The minimum Gasteiger partial charge on any atom is -0.462 e. The highest BCUT2D eigenvalue weighted by Crippen LogP contribution is 2.49. The summed E-state index contributed by atoms with van der Waals surface area (Å²) in [6.45, 7) is 2.64. The minimum absolute atomic E-state index is 0.00624. The van der Waals surface area contributed by atoms with E-state index < -0.39 is 102 Å². The predicted molar refractivity (Wildman–Crippen MR) is 254 cm³/mol. The monoisotopic (exact) mass is 1010 g/mol. The highest BCUT2D eigenvalue weighted by atomic mass is 31.2. The van der Waals surface area contributed by atoms with Crippen LogP contribution < -0.4 is 0 Å². The van der Waals surface area contributed by atoms with Crippen molar-refractivity contribution in [1.82, 2.24) is 0 Å². The zero-order valence-electron chi connectivity index (χ0n) is 39.3. The van der Waals surface area contributed by atoms with Gasteiger partial charge in [0.1, 0.15) is 43.2 Å². The van der Waals surface area contributed by atoms with Gasteiger partial charge in [0.2, 0.25) is 0 Å². The molecule has 1 rings (SSSR count). The SMILES string of the molecule is CCCCC/C=C\C/C=C\C/C=C\CCCCC(=O)OC[C@H](COP(=O)(O)O[C@H]1C(O)C(O)C(O)[C@@H](OP(=O)(O)O)C1O)OC(=O)CCC[C@H](O)[C@@H](O)/C=C/C=C/C=C\C=C\[C@@H](O)CCCCC. The van der Waals surface area contributed by atoms with Gasteiger partial charge >= 0.3 is 27.6 Å². The summed E-state index contributed by atoms with van der Waals surface area (Å²) >= 11 is 0. The molecule has 0 aromatic rings. The molecule has 0 heterocycles. The van der Waals surface area contributed by atoms with Crippen LogP contribution in [0.5, 0.6) is 0 Å². The number of rotatable bonds is 37. The van der Waals surface area contributed by atoms with Gasteiger partial charge in [0.25, 0.3) is 0 Å². The second kappa shape index (κ2) is 36.9. The van der Waals surface area contributed by atoms with Crippen molar-refractivity contribution in [3.63, 3.8) is 0 Å². The summed E-state index contributed by atoms with van der Waals surface area (Å²) in [5.74, 6) is -1.59. The third-order valence-electron chi connectivity index (χ3n) is 10.3. The number of hydrogen-bond donors (Lipinski definition) is 10. The van der Waals surface area contributed by atoms with E-state index in [9.17, 15) is 59.4 Å². The fraction of sp³-hybridized carbons (Fsp3) is 0.660. The number of carbonyl (C=O) groups excluding carboxylic acids is 2. The molecule has 1 aliphatic rings. The molecule has 1 aliphatic carbocycles. The average Bonchev–Trinajstić information content (AvgIpc) is 3.28. The van der Waals surface area contributed by atoms with Crippen molar-refractivity contribution in [2.45, 2.75) is 184 Å². The van der Waals surface area contributed by atoms with Gasteiger partial charge in [-0.2, -0.15) is 0 Å². The molecule has 0 saturated heterocycles. The molecule has 11 atom stereocenters. The van der Waals surface area contributed by atoms with Crippen molar-refractivity contribution >= 4 is 27.6 Å². The lowest BCUT2D eigenvalue weighted by molar-refractivity contribution is -0.216. The van der Waals surface area contributed by atoms with E-state index in [1.165, 1.54) is 31.4 Å². The van der Waals surface area contributed by atoms with Crippen molar-refractivity contribution in [2.24, 2.45) is 0 Å². The molecular formula is C47H78O19P2. The lowest BCUT2D eigenvalue weighted by Gasteiger charge is -2.43. The van der Waals surface area contributed by atoms with E-state index >= 15 is 0 Å². The molecular weight excluding hydrogens is 930 g/mol. The molecule has 0 spiro atoms. The van der Waals surface area contributed by atoms with Gasteiger partial charge in [-0.3, -0.25) is 23.2 Å². The van der Waals surface area contributed by atoms with Crippen molar-refractivity contribution < 1.29 is 92.2 Å². The molecule has 1 fully saturated rings. The maximum Gasteiger partial charge on any atom is 0.472 e. The van der Waals surface area contributed by atoms with Crippen molar-refractivity contribution in [2.75, 3.05) is 13.2 Å². The molecule has 0 aromatic carbocycles. The molecule has 390 valence electrons. The number of aliphatic hydroxyl groups is 7. The van der Waals surface area contributed by atoms with Crippen molar-refractivity contribution in [3.05, 3.63) is 85.1 Å². The number of allylic oxidation sites excluding steroid dienone is 12. The summed E-state index contributed by atoms with van der Waals surface area (Å²) < 4.78 is 49.0. The summed E-state index contributed by atoms with van der Waals surface area (Å²) in [6.07, 6.45) is 18.9. The lowest BCUT2D eigenvalue weighted by Crippen LogP contribution is -2.64. The molecule has 1 saturated carbocycles. The first kappa shape index (κ1) is 63.1. The van der Waals surface area contributed by atoms with Crippen LogP contribution in [-0.4, -0.2) is 137 Å². The van der Waals surface area contributed by atoms with Gasteiger partial charge in [-0.15, -0.1) is 0 Å². The third kappa shape index (κ3) is 30.6. The summed E-state index contributed by atoms with van der Waals surface area (Å²) in [5.41, 5.74) is 0. The molecule has 0 amide bonds. The van der Waals surface area contributed by atoms with Crippen LogP contribution in [0.1, 0.15) is 123 Å². The van der Waals surface area contributed by atoms with E-state index in [2.05, 4.69) is 42.7 Å². The third-order valence-corrected chi connectivity index (χ3v) is 11.8. The number of phosphoric acid groups is 2. The van der Waals surface area contributed by atoms with Crippen LogP contribution >= 0.6 is 15.6 Å². The van der Waals surface area contributed by atoms with Crippen LogP contribution in [0, 0.1) is 0 Å². The Bertz CT molecular complexity index is 1690. The van der Waals surface area contributed by atoms with Crippen LogP contribution in [0.15, 0.2) is 85.1 Å². The molecule has 0 radical (unpaired) electrons. The zero-order valence-corrected chi connectivity index (χ0v) is 41.1. The van der Waals surface area contributed by atoms with Crippen LogP contribution in [0.4, 0.5) is 0 Å². The first-order chi connectivity index (χ1) is 32.3. The Morgan fingerprint density at radius 1 is 0.574 bits per heavy atom. The van der Waals surface area contributed by atoms with Crippen LogP contribution in [0.25, 0.3) is 0 Å². The zero-order chi connectivity index (χ0) is 50.8. The van der Waals surface area contributed by atoms with Gasteiger partial charge in [0.15, 0.2) is 6.10 Å². The molecule has 68 heavy (non-hydrogen) atoms. The maximum atomic E-state index is 13.0. The molecule has 10 N–H and O–H groups in total. The fourth-order valence-electron chi connectivity index (χ4n) is 6.47. The quantitative estimate of drug-likeness (QED) is 0.0120. The first-order valence-corrected chi connectivity index (χ1v) is 26.5. The standard InChI is InChI=1S/C47H78O19P2/c1-3-5-7-8-9-10-11-12-13-14-15-16-17-22-26-32-40(51)62-34-37(35-63-68(60,61)66-47-44(55)42(53)43(54)46(45(47)56)65-67(57,58)59)64-41(52)33-27-31-39(50)38(49)30-25-21-19-18-20-24-29-36(48)28-23-6-4-2/h9-10,12-13,15-16,18-21,24-25,29-30,36-39,42-50,53-56H,3-8,11,14,17,22-23,26-28,31-35H2,1-2H3,(H,60,61)(H2,57,58,59)/b10-9-,13-12-,16-15-,20-18-,21-19+,29-24+,30-25+/t36-,37+,38-,39-,42?,43?,44?,45?,46+,47-/m0/s1. The maximum absolute atomic E-state index is 13.0. The highest BCUT2D eigenvalue weighted by Gasteiger charge is 2.54. The Morgan fingerprint density at radius 3 is 1.71 bits per heavy atom. The molecule has 5 unspecified atom stereocenters. The fourth-order valence-corrected chi connectivity index (χ4v) is 8.01. The van der Waals surface area contributed by atoms with E-state index in [1.807, 2.05) is 12.2 Å². The minimum atomic E-state index is -5.42. The molecule has 21 heteroatoms. The van der Waals surface area contributed by atoms with Crippen LogP contribution in [-0.2, 0) is 41.8 Å². The first-order valence-electron chi connectivity index (χ1n) is 23.5. The Hall–Kier alpha value is -2.94. The van der Waals surface area contributed by atoms with Crippen molar-refractivity contribution in [3.8, 4) is 0 Å². The van der Waals surface area contributed by atoms with Gasteiger partial charge < -0.3 is 59.9 Å². The van der Waals surface area contributed by atoms with E-state index in [0.717, 1.165) is 38.5 Å². The number of carbonyl (C=O) groups is 2. The van der Waals surface area contributed by atoms with Gasteiger partial charge in [0, 0.05) is 12.8 Å². The van der Waals surface area contributed by atoms with E-state index in [-0.39, 0.29) is 25.7 Å².